The fraction of sp³-hybridized carbons (Fsp3) is 0.529. The Bertz CT molecular complexity index is 843. The second-order valence-corrected chi connectivity index (χ2v) is 7.08. The van der Waals surface area contributed by atoms with Crippen molar-refractivity contribution in [3.8, 4) is 5.75 Å². The molecule has 1 aromatic carbocycles. The van der Waals surface area contributed by atoms with Crippen LogP contribution < -0.4 is 15.4 Å². The van der Waals surface area contributed by atoms with Gasteiger partial charge < -0.3 is 25.4 Å². The summed E-state index contributed by atoms with van der Waals surface area (Å²) in [6.07, 6.45) is -13.2. The Hall–Kier alpha value is -2.74. The van der Waals surface area contributed by atoms with E-state index in [0.717, 1.165) is 4.90 Å². The molecule has 3 amide bonds. The highest BCUT2D eigenvalue weighted by Gasteiger charge is 2.43. The number of aliphatic hydroxyl groups is 1. The van der Waals surface area contributed by atoms with Crippen LogP contribution in [0.2, 0.25) is 0 Å². The number of ether oxygens (including phenoxy) is 1. The fourth-order valence-corrected chi connectivity index (χ4v) is 3.11. The van der Waals surface area contributed by atoms with Crippen LogP contribution in [0, 0.1) is 0 Å². The monoisotopic (exact) mass is 458 g/mol. The van der Waals surface area contributed by atoms with Gasteiger partial charge in [-0.1, -0.05) is 0 Å². The Morgan fingerprint density at radius 1 is 1.19 bits per heavy atom. The molecule has 3 N–H and O–H groups in total. The van der Waals surface area contributed by atoms with Gasteiger partial charge in [-0.3, -0.25) is 4.90 Å². The number of carbonyl (C=O) groups is 2. The molecule has 1 saturated heterocycles. The van der Waals surface area contributed by atoms with Crippen LogP contribution >= 0.6 is 0 Å². The largest absolute Gasteiger partial charge is 0.420 e. The Kier molecular flexibility index (Phi) is 6.95. The van der Waals surface area contributed by atoms with Gasteiger partial charge in [-0.25, -0.2) is 9.59 Å². The number of benzene rings is 1. The molecule has 31 heavy (non-hydrogen) atoms. The van der Waals surface area contributed by atoms with Crippen LogP contribution in [0.5, 0.6) is 5.75 Å². The number of nitrogens with zero attached hydrogens (tertiary/aromatic N) is 3. The number of halogens is 6. The van der Waals surface area contributed by atoms with Crippen molar-refractivity contribution in [2.45, 2.75) is 18.5 Å². The molecule has 1 heterocycles. The third kappa shape index (κ3) is 5.91. The lowest BCUT2D eigenvalue weighted by Gasteiger charge is -2.25. The van der Waals surface area contributed by atoms with Gasteiger partial charge in [-0.2, -0.15) is 26.3 Å². The van der Waals surface area contributed by atoms with E-state index in [0.29, 0.717) is 4.90 Å². The molecule has 174 valence electrons. The molecule has 1 aromatic rings. The van der Waals surface area contributed by atoms with Gasteiger partial charge >= 0.3 is 24.5 Å². The summed E-state index contributed by atoms with van der Waals surface area (Å²) in [6, 6.07) is -0.897. The predicted octanol–water partition coefficient (Wildman–Crippen LogP) is 2.35. The summed E-state index contributed by atoms with van der Waals surface area (Å²) in [5.41, 5.74) is 0.296. The lowest BCUT2D eigenvalue weighted by atomic mass is 10.1. The van der Waals surface area contributed by atoms with Gasteiger partial charge in [0, 0.05) is 26.2 Å². The number of nitrogens with two attached hydrogens (primary N) is 1. The van der Waals surface area contributed by atoms with Gasteiger partial charge in [-0.15, -0.1) is 0 Å². The maximum atomic E-state index is 13.5. The summed E-state index contributed by atoms with van der Waals surface area (Å²) in [4.78, 5) is 27.1. The van der Waals surface area contributed by atoms with Gasteiger partial charge in [0.05, 0.1) is 17.4 Å². The molecule has 0 aliphatic carbocycles. The number of hydrogen-bond acceptors (Lipinski definition) is 5. The zero-order valence-electron chi connectivity index (χ0n) is 16.4. The summed E-state index contributed by atoms with van der Waals surface area (Å²) in [6.45, 7) is -0.426. The summed E-state index contributed by atoms with van der Waals surface area (Å²) in [7, 11) is 3.33. The van der Waals surface area contributed by atoms with Crippen molar-refractivity contribution in [2.75, 3.05) is 45.2 Å². The van der Waals surface area contributed by atoms with Crippen molar-refractivity contribution < 1.29 is 45.8 Å². The Balaban J connectivity index is 2.53. The molecule has 0 aromatic heterocycles. The molecule has 0 unspecified atom stereocenters. The Morgan fingerprint density at radius 3 is 2.29 bits per heavy atom. The first-order valence-electron chi connectivity index (χ1n) is 8.80. The van der Waals surface area contributed by atoms with Gasteiger partial charge in [0.15, 0.2) is 5.75 Å². The lowest BCUT2D eigenvalue weighted by molar-refractivity contribution is -0.143. The average Bonchev–Trinajstić information content (AvgIpc) is 2.92. The number of carbonyl (C=O) groups excluding carboxylic acids is 2. The molecule has 0 radical (unpaired) electrons. The smallest absolute Gasteiger partial charge is 0.408 e. The number of primary amides is 1. The number of anilines is 1. The van der Waals surface area contributed by atoms with Crippen LogP contribution in [-0.2, 0) is 12.4 Å². The maximum Gasteiger partial charge on any atom is 0.420 e. The number of amides is 3. The molecular weight excluding hydrogens is 438 g/mol. The molecule has 0 spiro atoms. The van der Waals surface area contributed by atoms with Crippen molar-refractivity contribution in [1.29, 1.82) is 0 Å². The summed E-state index contributed by atoms with van der Waals surface area (Å²) in [5, 5.41) is 9.99. The number of aliphatic hydroxyl groups excluding tert-OH is 1. The van der Waals surface area contributed by atoms with Crippen molar-refractivity contribution >= 4 is 17.8 Å². The maximum absolute atomic E-state index is 13.5. The predicted molar refractivity (Wildman–Crippen MR) is 95.5 cm³/mol. The first-order valence-corrected chi connectivity index (χ1v) is 8.80. The van der Waals surface area contributed by atoms with Crippen molar-refractivity contribution in [2.24, 2.45) is 5.73 Å². The second kappa shape index (κ2) is 8.78. The Morgan fingerprint density at radius 2 is 1.81 bits per heavy atom. The molecule has 1 aliphatic rings. The van der Waals surface area contributed by atoms with Crippen LogP contribution in [0.25, 0.3) is 0 Å². The van der Waals surface area contributed by atoms with Gasteiger partial charge in [-0.05, 0) is 26.2 Å². The Labute approximate surface area is 172 Å². The van der Waals surface area contributed by atoms with Gasteiger partial charge in [0.25, 0.3) is 0 Å². The number of β-amino-alcohol motifs (C(OH)–C–C–N with tert-alkyl or cyclic N) is 1. The van der Waals surface area contributed by atoms with Crippen molar-refractivity contribution in [3.05, 3.63) is 23.3 Å². The van der Waals surface area contributed by atoms with Gasteiger partial charge in [0.1, 0.15) is 5.56 Å². The summed E-state index contributed by atoms with van der Waals surface area (Å²) < 4.78 is 84.4. The normalized spacial score (nSPS) is 16.3. The number of urea groups is 1. The van der Waals surface area contributed by atoms with Gasteiger partial charge in [0.2, 0.25) is 0 Å². The number of likely N-dealkylation sites (N-methyl/N-ethyl adjacent to an activating group) is 1. The van der Waals surface area contributed by atoms with E-state index in [-0.39, 0.29) is 38.3 Å². The van der Waals surface area contributed by atoms with E-state index in [4.69, 9.17) is 5.73 Å². The molecular formula is C17H20F6N4O4. The third-order valence-electron chi connectivity index (χ3n) is 4.30. The quantitative estimate of drug-likeness (QED) is 0.638. The molecule has 2 rings (SSSR count). The van der Waals surface area contributed by atoms with Crippen LogP contribution in [0.3, 0.4) is 0 Å². The van der Waals surface area contributed by atoms with E-state index in [1.807, 2.05) is 0 Å². The lowest BCUT2D eigenvalue weighted by Crippen LogP contribution is -2.40. The van der Waals surface area contributed by atoms with Crippen LogP contribution in [0.1, 0.15) is 11.1 Å². The van der Waals surface area contributed by atoms with Crippen LogP contribution in [0.15, 0.2) is 12.1 Å². The van der Waals surface area contributed by atoms with E-state index < -0.39 is 53.1 Å². The highest BCUT2D eigenvalue weighted by atomic mass is 19.4. The summed E-state index contributed by atoms with van der Waals surface area (Å²) in [5.74, 6) is -1.31. The minimum atomic E-state index is -5.34. The average molecular weight is 458 g/mol. The molecule has 8 nitrogen and oxygen atoms in total. The topological polar surface area (TPSA) is 99.3 Å². The molecule has 1 fully saturated rings. The van der Waals surface area contributed by atoms with E-state index in [1.54, 1.807) is 19.0 Å². The molecule has 0 saturated carbocycles. The molecule has 0 bridgehead atoms. The van der Waals surface area contributed by atoms with E-state index >= 15 is 0 Å². The minimum Gasteiger partial charge on any atom is -0.408 e. The van der Waals surface area contributed by atoms with Crippen molar-refractivity contribution in [1.82, 2.24) is 9.80 Å². The SMILES string of the molecule is CN(C)C[C@@H](O)CN1CCN(c2cc(C(F)(F)F)cc(C(F)(F)F)c2OC(N)=O)C1=O. The molecule has 1 atom stereocenters. The first kappa shape index (κ1) is 24.5. The zero-order chi connectivity index (χ0) is 23.7. The standard InChI is InChI=1S/C17H20F6N4O4/c1-25(2)7-10(28)8-26-3-4-27(15(26)30)12-6-9(16(18,19)20)5-11(17(21,22)23)13(12)31-14(24)29/h5-6,10,28H,3-4,7-8H2,1-2H3,(H2,24,29)/t10-/m1/s1. The van der Waals surface area contributed by atoms with E-state index in [2.05, 4.69) is 4.74 Å². The number of rotatable bonds is 6. The van der Waals surface area contributed by atoms with Crippen molar-refractivity contribution in [3.63, 3.8) is 0 Å². The third-order valence-corrected chi connectivity index (χ3v) is 4.30. The highest BCUT2D eigenvalue weighted by Crippen LogP contribution is 2.46. The molecule has 1 aliphatic heterocycles. The van der Waals surface area contributed by atoms with E-state index in [9.17, 15) is 41.0 Å². The molecule has 14 heteroatoms. The second-order valence-electron chi connectivity index (χ2n) is 7.08. The number of hydrogen-bond donors (Lipinski definition) is 2. The van der Waals surface area contributed by atoms with E-state index in [1.165, 1.54) is 0 Å². The minimum absolute atomic E-state index is 0.0864. The zero-order valence-corrected chi connectivity index (χ0v) is 16.4. The summed E-state index contributed by atoms with van der Waals surface area (Å²) >= 11 is 0. The first-order chi connectivity index (χ1) is 14.1. The van der Waals surface area contributed by atoms with Crippen LogP contribution in [0.4, 0.5) is 41.6 Å². The fourth-order valence-electron chi connectivity index (χ4n) is 3.11. The highest BCUT2D eigenvalue weighted by molar-refractivity contribution is 5.96. The van der Waals surface area contributed by atoms with Crippen LogP contribution in [-0.4, -0.2) is 73.4 Å². The number of alkyl halides is 6.